The zero-order chi connectivity index (χ0) is 23.7. The molecule has 0 saturated carbocycles. The normalized spacial score (nSPS) is 11.3. The van der Waals surface area contributed by atoms with Crippen LogP contribution in [0.15, 0.2) is 29.8 Å². The van der Waals surface area contributed by atoms with Gasteiger partial charge in [-0.05, 0) is 44.4 Å². The third-order valence-corrected chi connectivity index (χ3v) is 5.67. The maximum absolute atomic E-state index is 14.0. The van der Waals surface area contributed by atoms with Gasteiger partial charge in [0.2, 0.25) is 0 Å². The summed E-state index contributed by atoms with van der Waals surface area (Å²) in [6.07, 6.45) is 0.714. The van der Waals surface area contributed by atoms with E-state index in [1.165, 1.54) is 22.3 Å². The molecule has 0 aliphatic heterocycles. The molecule has 4 aromatic rings. The van der Waals surface area contributed by atoms with Crippen LogP contribution in [0.4, 0.5) is 26.5 Å². The number of carbonyl (C=O) groups excluding carboxylic acids is 1. The lowest BCUT2D eigenvalue weighted by atomic mass is 10.2. The highest BCUT2D eigenvalue weighted by Crippen LogP contribution is 2.33. The fourth-order valence-corrected chi connectivity index (χ4v) is 4.10. The standard InChI is InChI=1S/C21H23FN8O2S/c1-4-29(21(31)32-11(2)3)16-17(23)26-19(27-18(16)24)15-12-6-5-8-25-20(12)30(28-15)10-14-13(22)7-9-33-14/h5-9,11H,4,10H2,1-3H3,(H4,23,24,26,27). The zero-order valence-electron chi connectivity index (χ0n) is 18.3. The number of ether oxygens (including phenoxy) is 1. The highest BCUT2D eigenvalue weighted by atomic mass is 32.1. The van der Waals surface area contributed by atoms with E-state index < -0.39 is 6.09 Å². The molecular formula is C21H23FN8O2S. The van der Waals surface area contributed by atoms with Crippen molar-refractivity contribution in [1.29, 1.82) is 0 Å². The van der Waals surface area contributed by atoms with Crippen molar-refractivity contribution in [2.75, 3.05) is 22.9 Å². The number of halogens is 1. The van der Waals surface area contributed by atoms with Gasteiger partial charge >= 0.3 is 6.09 Å². The van der Waals surface area contributed by atoms with Gasteiger partial charge in [0.1, 0.15) is 17.2 Å². The molecule has 0 spiro atoms. The summed E-state index contributed by atoms with van der Waals surface area (Å²) in [5, 5.41) is 6.92. The van der Waals surface area contributed by atoms with Crippen LogP contribution < -0.4 is 16.4 Å². The van der Waals surface area contributed by atoms with Gasteiger partial charge in [0.15, 0.2) is 23.1 Å². The SMILES string of the molecule is CCN(C(=O)OC(C)C)c1c(N)nc(-c2nn(Cc3sccc3F)c3ncccc23)nc1N. The summed E-state index contributed by atoms with van der Waals surface area (Å²) >= 11 is 1.29. The van der Waals surface area contributed by atoms with Crippen molar-refractivity contribution in [2.24, 2.45) is 0 Å². The van der Waals surface area contributed by atoms with Crippen molar-refractivity contribution >= 4 is 45.8 Å². The zero-order valence-corrected chi connectivity index (χ0v) is 19.1. The number of nitrogen functional groups attached to an aromatic ring is 2. The Hall–Kier alpha value is -3.80. The average molecular weight is 471 g/mol. The topological polar surface area (TPSA) is 138 Å². The highest BCUT2D eigenvalue weighted by molar-refractivity contribution is 7.09. The van der Waals surface area contributed by atoms with Gasteiger partial charge in [-0.15, -0.1) is 11.3 Å². The Morgan fingerprint density at radius 2 is 2.00 bits per heavy atom. The second-order valence-corrected chi connectivity index (χ2v) is 8.42. The van der Waals surface area contributed by atoms with E-state index in [0.29, 0.717) is 21.6 Å². The monoisotopic (exact) mass is 470 g/mol. The molecule has 10 nitrogen and oxygen atoms in total. The first-order valence-corrected chi connectivity index (χ1v) is 11.1. The molecule has 0 atom stereocenters. The minimum Gasteiger partial charge on any atom is -0.446 e. The number of hydrogen-bond acceptors (Lipinski definition) is 9. The number of pyridine rings is 1. The number of nitrogens with two attached hydrogens (primary N) is 2. The number of rotatable bonds is 6. The molecule has 33 heavy (non-hydrogen) atoms. The Labute approximate surface area is 193 Å². The Kier molecular flexibility index (Phi) is 6.09. The van der Waals surface area contributed by atoms with Gasteiger partial charge in [-0.3, -0.25) is 4.90 Å². The minimum absolute atomic E-state index is 0.0101. The number of fused-ring (bicyclic) bond motifs is 1. The number of carbonyl (C=O) groups is 1. The molecular weight excluding hydrogens is 447 g/mol. The summed E-state index contributed by atoms with van der Waals surface area (Å²) < 4.78 is 20.9. The molecule has 0 aliphatic rings. The van der Waals surface area contributed by atoms with Crippen molar-refractivity contribution in [3.05, 3.63) is 40.5 Å². The average Bonchev–Trinajstić information content (AvgIpc) is 3.34. The number of nitrogens with zero attached hydrogens (tertiary/aromatic N) is 6. The predicted molar refractivity (Wildman–Crippen MR) is 125 cm³/mol. The summed E-state index contributed by atoms with van der Waals surface area (Å²) in [5.74, 6) is -0.111. The fraction of sp³-hybridized carbons (Fsp3) is 0.286. The minimum atomic E-state index is -0.598. The maximum atomic E-state index is 14.0. The number of thiophene rings is 1. The first-order chi connectivity index (χ1) is 15.8. The third kappa shape index (κ3) is 4.29. The molecule has 0 radical (unpaired) electrons. The number of amides is 1. The summed E-state index contributed by atoms with van der Waals surface area (Å²) in [4.78, 5) is 27.4. The molecule has 172 valence electrons. The van der Waals surface area contributed by atoms with Crippen LogP contribution in [0.1, 0.15) is 25.6 Å². The van der Waals surface area contributed by atoms with E-state index in [2.05, 4.69) is 20.1 Å². The maximum Gasteiger partial charge on any atom is 0.414 e. The lowest BCUT2D eigenvalue weighted by Gasteiger charge is -2.23. The van der Waals surface area contributed by atoms with Gasteiger partial charge in [0, 0.05) is 12.7 Å². The lowest BCUT2D eigenvalue weighted by molar-refractivity contribution is 0.123. The van der Waals surface area contributed by atoms with Crippen LogP contribution in [0.5, 0.6) is 0 Å². The van der Waals surface area contributed by atoms with Gasteiger partial charge in [-0.2, -0.15) is 5.10 Å². The molecule has 0 unspecified atom stereocenters. The van der Waals surface area contributed by atoms with Crippen molar-refractivity contribution < 1.29 is 13.9 Å². The van der Waals surface area contributed by atoms with Crippen LogP contribution in [0.2, 0.25) is 0 Å². The van der Waals surface area contributed by atoms with E-state index in [9.17, 15) is 9.18 Å². The van der Waals surface area contributed by atoms with Gasteiger partial charge in [0.05, 0.1) is 22.9 Å². The number of hydrogen-bond donors (Lipinski definition) is 2. The Bertz CT molecular complexity index is 1300. The third-order valence-electron chi connectivity index (χ3n) is 4.78. The fourth-order valence-electron chi connectivity index (χ4n) is 3.38. The van der Waals surface area contributed by atoms with E-state index in [-0.39, 0.29) is 48.2 Å². The summed E-state index contributed by atoms with van der Waals surface area (Å²) in [5.41, 5.74) is 13.5. The Balaban J connectivity index is 1.78. The molecule has 4 N–H and O–H groups in total. The van der Waals surface area contributed by atoms with Crippen LogP contribution >= 0.6 is 11.3 Å². The Morgan fingerprint density at radius 1 is 1.27 bits per heavy atom. The van der Waals surface area contributed by atoms with Crippen molar-refractivity contribution in [3.8, 4) is 11.5 Å². The molecule has 4 rings (SSSR count). The van der Waals surface area contributed by atoms with E-state index in [1.807, 2.05) is 6.07 Å². The molecule has 0 saturated heterocycles. The Morgan fingerprint density at radius 3 is 2.61 bits per heavy atom. The lowest BCUT2D eigenvalue weighted by Crippen LogP contribution is -2.34. The number of anilines is 3. The molecule has 0 fully saturated rings. The molecule has 0 bridgehead atoms. The van der Waals surface area contributed by atoms with E-state index >= 15 is 0 Å². The molecule has 12 heteroatoms. The summed E-state index contributed by atoms with van der Waals surface area (Å²) in [6, 6.07) is 4.98. The molecule has 0 aromatic carbocycles. The predicted octanol–water partition coefficient (Wildman–Crippen LogP) is 3.67. The van der Waals surface area contributed by atoms with Crippen LogP contribution in [0, 0.1) is 5.82 Å². The van der Waals surface area contributed by atoms with Crippen molar-refractivity contribution in [2.45, 2.75) is 33.4 Å². The molecule has 4 aromatic heterocycles. The van der Waals surface area contributed by atoms with Crippen LogP contribution in [0.3, 0.4) is 0 Å². The van der Waals surface area contributed by atoms with Crippen molar-refractivity contribution in [1.82, 2.24) is 24.7 Å². The molecule has 1 amide bonds. The smallest absolute Gasteiger partial charge is 0.414 e. The van der Waals surface area contributed by atoms with Crippen LogP contribution in [0.25, 0.3) is 22.6 Å². The van der Waals surface area contributed by atoms with Crippen LogP contribution in [-0.4, -0.2) is 43.5 Å². The van der Waals surface area contributed by atoms with Crippen molar-refractivity contribution in [3.63, 3.8) is 0 Å². The highest BCUT2D eigenvalue weighted by Gasteiger charge is 2.25. The number of aromatic nitrogens is 5. The quantitative estimate of drug-likeness (QED) is 0.435. The van der Waals surface area contributed by atoms with Crippen LogP contribution in [-0.2, 0) is 11.3 Å². The second-order valence-electron chi connectivity index (χ2n) is 7.42. The molecule has 0 aliphatic carbocycles. The van der Waals surface area contributed by atoms with Gasteiger partial charge in [0.25, 0.3) is 0 Å². The van der Waals surface area contributed by atoms with Gasteiger partial charge in [-0.1, -0.05) is 0 Å². The van der Waals surface area contributed by atoms with E-state index in [0.717, 1.165) is 0 Å². The first-order valence-electron chi connectivity index (χ1n) is 10.2. The van der Waals surface area contributed by atoms with Gasteiger partial charge in [-0.25, -0.2) is 28.8 Å². The van der Waals surface area contributed by atoms with E-state index in [4.69, 9.17) is 16.2 Å². The second kappa shape index (κ2) is 8.98. The molecule has 4 heterocycles. The first kappa shape index (κ1) is 22.4. The summed E-state index contributed by atoms with van der Waals surface area (Å²) in [6.45, 7) is 5.71. The summed E-state index contributed by atoms with van der Waals surface area (Å²) in [7, 11) is 0. The van der Waals surface area contributed by atoms with Gasteiger partial charge < -0.3 is 16.2 Å². The largest absolute Gasteiger partial charge is 0.446 e. The van der Waals surface area contributed by atoms with E-state index in [1.54, 1.807) is 43.1 Å².